The molecule has 0 unspecified atom stereocenters. The molecule has 1 aromatic carbocycles. The third-order valence-electron chi connectivity index (χ3n) is 4.47. The van der Waals surface area contributed by atoms with Crippen molar-refractivity contribution >= 4 is 27.4 Å². The monoisotopic (exact) mass is 360 g/mol. The Kier molecular flexibility index (Phi) is 4.28. The van der Waals surface area contributed by atoms with Crippen molar-refractivity contribution in [3.63, 3.8) is 0 Å². The molecule has 25 heavy (non-hydrogen) atoms. The van der Waals surface area contributed by atoms with Crippen molar-refractivity contribution in [2.75, 3.05) is 19.4 Å². The number of sulfonamides is 1. The minimum absolute atomic E-state index is 0.0143. The van der Waals surface area contributed by atoms with Gasteiger partial charge in [0.05, 0.1) is 18.3 Å². The predicted molar refractivity (Wildman–Crippen MR) is 96.5 cm³/mol. The zero-order valence-electron chi connectivity index (χ0n) is 14.4. The van der Waals surface area contributed by atoms with Gasteiger partial charge < -0.3 is 9.64 Å². The van der Waals surface area contributed by atoms with E-state index in [1.807, 2.05) is 47.5 Å². The molecule has 1 aromatic rings. The number of nitrogens with zero attached hydrogens (tertiary/aromatic N) is 2. The van der Waals surface area contributed by atoms with Gasteiger partial charge in [0.15, 0.2) is 5.84 Å². The van der Waals surface area contributed by atoms with E-state index in [-0.39, 0.29) is 11.7 Å². The highest BCUT2D eigenvalue weighted by Gasteiger charge is 2.31. The number of carbonyl (C=O) groups is 1. The van der Waals surface area contributed by atoms with Crippen molar-refractivity contribution in [3.05, 3.63) is 53.7 Å². The molecule has 0 N–H and O–H groups in total. The van der Waals surface area contributed by atoms with E-state index < -0.39 is 15.4 Å². The van der Waals surface area contributed by atoms with Crippen LogP contribution >= 0.6 is 0 Å². The van der Waals surface area contributed by atoms with Gasteiger partial charge in [-0.1, -0.05) is 24.3 Å². The highest BCUT2D eigenvalue weighted by atomic mass is 32.2. The predicted octanol–water partition coefficient (Wildman–Crippen LogP) is 2.09. The molecule has 2 heterocycles. The maximum Gasteiger partial charge on any atom is 0.315 e. The lowest BCUT2D eigenvalue weighted by Gasteiger charge is -2.29. The molecule has 0 aromatic heterocycles. The van der Waals surface area contributed by atoms with Crippen LogP contribution in [0.5, 0.6) is 0 Å². The van der Waals surface area contributed by atoms with Crippen LogP contribution in [0, 0.1) is 0 Å². The second kappa shape index (κ2) is 6.15. The van der Waals surface area contributed by atoms with Gasteiger partial charge >= 0.3 is 5.97 Å². The number of rotatable bonds is 3. The van der Waals surface area contributed by atoms with E-state index in [4.69, 9.17) is 4.74 Å². The molecule has 6 nitrogen and oxygen atoms in total. The topological polar surface area (TPSA) is 76.0 Å². The summed E-state index contributed by atoms with van der Waals surface area (Å²) >= 11 is 0. The number of ether oxygens (including phenoxy) is 1. The molecular weight excluding hydrogens is 340 g/mol. The average molecular weight is 360 g/mol. The van der Waals surface area contributed by atoms with Crippen LogP contribution in [0.4, 0.5) is 0 Å². The summed E-state index contributed by atoms with van der Waals surface area (Å²) in [4.78, 5) is 13.8. The number of benzene rings is 1. The molecule has 0 bridgehead atoms. The van der Waals surface area contributed by atoms with Gasteiger partial charge in [0, 0.05) is 18.3 Å². The van der Waals surface area contributed by atoms with E-state index in [1.54, 1.807) is 13.8 Å². The Morgan fingerprint density at radius 3 is 2.56 bits per heavy atom. The summed E-state index contributed by atoms with van der Waals surface area (Å²) in [6.45, 7) is 3.99. The minimum Gasteiger partial charge on any atom is -0.468 e. The lowest BCUT2D eigenvalue weighted by molar-refractivity contribution is -0.146. The van der Waals surface area contributed by atoms with Gasteiger partial charge in [-0.3, -0.25) is 4.79 Å². The first-order valence-corrected chi connectivity index (χ1v) is 9.53. The Morgan fingerprint density at radius 2 is 1.92 bits per heavy atom. The largest absolute Gasteiger partial charge is 0.468 e. The fourth-order valence-corrected chi connectivity index (χ4v) is 3.87. The fraction of sp³-hybridized carbons (Fsp3) is 0.333. The summed E-state index contributed by atoms with van der Waals surface area (Å²) < 4.78 is 32.5. The molecule has 3 rings (SSSR count). The Labute approximate surface area is 147 Å². The average Bonchev–Trinajstić information content (AvgIpc) is 2.59. The molecule has 0 spiro atoms. The number of methoxy groups -OCH3 is 1. The van der Waals surface area contributed by atoms with Gasteiger partial charge in [0.1, 0.15) is 0 Å². The first-order valence-electron chi connectivity index (χ1n) is 7.92. The van der Waals surface area contributed by atoms with E-state index in [1.165, 1.54) is 7.11 Å². The first kappa shape index (κ1) is 17.4. The molecule has 7 heteroatoms. The number of hydrogen-bond acceptors (Lipinski definition) is 5. The molecule has 2 aliphatic rings. The minimum atomic E-state index is -3.43. The SMILES string of the molecule is COC(=O)C(C)(C)c1ccc(C2=CC=CN3CCS(=O)(=O)N=C23)cc1. The number of esters is 1. The molecule has 0 radical (unpaired) electrons. The van der Waals surface area contributed by atoms with E-state index >= 15 is 0 Å². The molecular formula is C18H20N2O4S. The number of allylic oxidation sites excluding steroid dienone is 2. The molecule has 0 aliphatic carbocycles. The second-order valence-corrected chi connectivity index (χ2v) is 8.26. The van der Waals surface area contributed by atoms with Crippen LogP contribution < -0.4 is 0 Å². The summed E-state index contributed by atoms with van der Waals surface area (Å²) in [7, 11) is -2.06. The molecule has 132 valence electrons. The van der Waals surface area contributed by atoms with Crippen LogP contribution in [-0.2, 0) is 25.0 Å². The van der Waals surface area contributed by atoms with Gasteiger partial charge in [0.25, 0.3) is 10.0 Å². The zero-order chi connectivity index (χ0) is 18.2. The molecule has 0 amide bonds. The van der Waals surface area contributed by atoms with Crippen LogP contribution in [0.3, 0.4) is 0 Å². The molecule has 0 atom stereocenters. The summed E-state index contributed by atoms with van der Waals surface area (Å²) in [5.74, 6) is 0.142. The Balaban J connectivity index is 1.97. The van der Waals surface area contributed by atoms with Crippen LogP contribution in [0.15, 0.2) is 47.0 Å². The Hall–Kier alpha value is -2.41. The third-order valence-corrected chi connectivity index (χ3v) is 5.62. The highest BCUT2D eigenvalue weighted by Crippen LogP contribution is 2.29. The highest BCUT2D eigenvalue weighted by molar-refractivity contribution is 7.90. The lowest BCUT2D eigenvalue weighted by atomic mass is 9.84. The molecule has 2 aliphatic heterocycles. The summed E-state index contributed by atoms with van der Waals surface area (Å²) in [5, 5.41) is 0. The van der Waals surface area contributed by atoms with E-state index in [9.17, 15) is 13.2 Å². The number of carbonyl (C=O) groups excluding carboxylic acids is 1. The van der Waals surface area contributed by atoms with Crippen molar-refractivity contribution in [1.29, 1.82) is 0 Å². The van der Waals surface area contributed by atoms with Crippen molar-refractivity contribution in [1.82, 2.24) is 4.90 Å². The van der Waals surface area contributed by atoms with Crippen LogP contribution in [0.25, 0.3) is 5.57 Å². The maximum atomic E-state index is 11.9. The summed E-state index contributed by atoms with van der Waals surface area (Å²) in [6, 6.07) is 7.45. The van der Waals surface area contributed by atoms with Crippen molar-refractivity contribution in [3.8, 4) is 0 Å². The smallest absolute Gasteiger partial charge is 0.315 e. The Bertz CT molecular complexity index is 894. The maximum absolute atomic E-state index is 11.9. The molecule has 0 saturated heterocycles. The van der Waals surface area contributed by atoms with Gasteiger partial charge in [-0.05, 0) is 37.1 Å². The Morgan fingerprint density at radius 1 is 1.24 bits per heavy atom. The summed E-state index contributed by atoms with van der Waals surface area (Å²) in [5.41, 5.74) is 1.65. The molecule has 0 saturated carbocycles. The van der Waals surface area contributed by atoms with Crippen LogP contribution in [-0.4, -0.2) is 44.5 Å². The zero-order valence-corrected chi connectivity index (χ0v) is 15.2. The van der Waals surface area contributed by atoms with E-state index in [0.29, 0.717) is 12.4 Å². The number of hydrogen-bond donors (Lipinski definition) is 0. The van der Waals surface area contributed by atoms with Gasteiger partial charge in [-0.15, -0.1) is 4.40 Å². The van der Waals surface area contributed by atoms with Crippen molar-refractivity contribution in [2.45, 2.75) is 19.3 Å². The third kappa shape index (κ3) is 3.24. The van der Waals surface area contributed by atoms with Crippen LogP contribution in [0.1, 0.15) is 25.0 Å². The number of amidine groups is 1. The summed E-state index contributed by atoms with van der Waals surface area (Å²) in [6.07, 6.45) is 5.54. The lowest BCUT2D eigenvalue weighted by Crippen LogP contribution is -2.37. The van der Waals surface area contributed by atoms with Crippen LogP contribution in [0.2, 0.25) is 0 Å². The van der Waals surface area contributed by atoms with E-state index in [2.05, 4.69) is 4.40 Å². The van der Waals surface area contributed by atoms with Crippen molar-refractivity contribution < 1.29 is 17.9 Å². The quantitative estimate of drug-likeness (QED) is 0.772. The standard InChI is InChI=1S/C18H20N2O4S/c1-18(2,17(21)24-3)14-8-6-13(7-9-14)15-5-4-10-20-11-12-25(22,23)19-16(15)20/h4-10H,11-12H2,1-3H3. The number of fused-ring (bicyclic) bond motifs is 1. The van der Waals surface area contributed by atoms with Gasteiger partial charge in [0.2, 0.25) is 0 Å². The first-order chi connectivity index (χ1) is 11.7. The van der Waals surface area contributed by atoms with Gasteiger partial charge in [-0.2, -0.15) is 0 Å². The normalized spacial score (nSPS) is 18.9. The molecule has 0 fully saturated rings. The fourth-order valence-electron chi connectivity index (χ4n) is 2.88. The van der Waals surface area contributed by atoms with Crippen molar-refractivity contribution in [2.24, 2.45) is 4.40 Å². The second-order valence-electron chi connectivity index (χ2n) is 6.51. The van der Waals surface area contributed by atoms with Gasteiger partial charge in [-0.25, -0.2) is 8.42 Å². The van der Waals surface area contributed by atoms with E-state index in [0.717, 1.165) is 16.7 Å².